The van der Waals surface area contributed by atoms with Crippen LogP contribution in [0.2, 0.25) is 0 Å². The zero-order chi connectivity index (χ0) is 27.7. The third-order valence-electron chi connectivity index (χ3n) is 6.30. The van der Waals surface area contributed by atoms with Crippen molar-refractivity contribution >= 4 is 35.6 Å². The Bertz CT molecular complexity index is 1600. The Kier molecular flexibility index (Phi) is 9.05. The Morgan fingerprint density at radius 3 is 2.25 bits per heavy atom. The average molecular weight is 570 g/mol. The van der Waals surface area contributed by atoms with E-state index in [2.05, 4.69) is 40.5 Å². The molecule has 0 amide bonds. The fourth-order valence-electron chi connectivity index (χ4n) is 4.41. The summed E-state index contributed by atoms with van der Waals surface area (Å²) in [7, 11) is 0. The second-order valence-corrected chi connectivity index (χ2v) is 11.1. The lowest BCUT2D eigenvalue weighted by Crippen LogP contribution is -1.97. The van der Waals surface area contributed by atoms with E-state index in [1.165, 1.54) is 52.1 Å². The lowest BCUT2D eigenvalue weighted by Gasteiger charge is -2.09. The number of rotatable bonds is 13. The van der Waals surface area contributed by atoms with Crippen molar-refractivity contribution in [3.8, 4) is 55.2 Å². The number of unbranched alkanes of at least 4 members (excludes halogenated alkanes) is 3. The number of ether oxygens (including phenoxy) is 2. The molecule has 0 radical (unpaired) electrons. The molecule has 0 aromatic carbocycles. The Balaban J connectivity index is 1.54. The zero-order valence-electron chi connectivity index (χ0n) is 21.9. The summed E-state index contributed by atoms with van der Waals surface area (Å²) in [5, 5.41) is 2.10. The number of nitrogens with zero attached hydrogens (tertiary/aromatic N) is 3. The van der Waals surface area contributed by atoms with E-state index in [0.717, 1.165) is 12.0 Å². The topological polar surface area (TPSA) is 91.3 Å². The van der Waals surface area contributed by atoms with Crippen molar-refractivity contribution in [3.05, 3.63) is 77.2 Å². The predicted molar refractivity (Wildman–Crippen MR) is 159 cm³/mol. The van der Waals surface area contributed by atoms with Crippen molar-refractivity contribution in [1.29, 1.82) is 0 Å². The van der Waals surface area contributed by atoms with Gasteiger partial charge in [0.25, 0.3) is 12.9 Å². The smallest absolute Gasteiger partial charge is 0.298 e. The maximum atomic E-state index is 11.2. The molecule has 202 valence electrons. The van der Waals surface area contributed by atoms with E-state index in [-0.39, 0.29) is 0 Å². The van der Waals surface area contributed by atoms with E-state index in [4.69, 9.17) is 14.5 Å². The predicted octanol–water partition coefficient (Wildman–Crippen LogP) is 7.86. The maximum absolute atomic E-state index is 11.2. The summed E-state index contributed by atoms with van der Waals surface area (Å²) >= 11 is 3.59. The van der Waals surface area contributed by atoms with Gasteiger partial charge in [0, 0.05) is 45.9 Å². The van der Waals surface area contributed by atoms with Gasteiger partial charge in [-0.1, -0.05) is 32.3 Å². The molecule has 0 saturated heterocycles. The van der Waals surface area contributed by atoms with Crippen LogP contribution in [0.1, 0.15) is 37.5 Å². The van der Waals surface area contributed by atoms with Gasteiger partial charge in [-0.3, -0.25) is 19.6 Å². The van der Waals surface area contributed by atoms with Gasteiger partial charge in [-0.2, -0.15) is 0 Å². The quantitative estimate of drug-likeness (QED) is 0.105. The molecule has 0 N–H and O–H groups in total. The lowest BCUT2D eigenvalue weighted by molar-refractivity contribution is -0.121. The Labute approximate surface area is 240 Å². The number of carbonyl (C=O) groups is 2. The standard InChI is InChI=1S/C31H27N3O4S2/c1-2-3-4-5-7-24-18-25(31(40-24)30-8-6-13-39-30)21-9-11-32-26(14-21)28-16-23(38-20-36)17-29(34-28)27-15-22(37-19-35)10-12-33-27/h6,8-20H,2-5,7H2,1H3. The second kappa shape index (κ2) is 13.2. The highest BCUT2D eigenvalue weighted by Crippen LogP contribution is 2.42. The minimum Gasteiger partial charge on any atom is -0.429 e. The molecule has 0 unspecified atom stereocenters. The van der Waals surface area contributed by atoms with Crippen LogP contribution in [0.25, 0.3) is 43.7 Å². The highest BCUT2D eigenvalue weighted by Gasteiger charge is 2.16. The number of carbonyl (C=O) groups excluding carboxylic acids is 2. The molecular formula is C31H27N3O4S2. The number of aromatic nitrogens is 3. The first-order valence-electron chi connectivity index (χ1n) is 13.0. The van der Waals surface area contributed by atoms with Crippen molar-refractivity contribution in [1.82, 2.24) is 15.0 Å². The summed E-state index contributed by atoms with van der Waals surface area (Å²) in [5.74, 6) is 0.629. The summed E-state index contributed by atoms with van der Waals surface area (Å²) < 4.78 is 10.1. The fourth-order valence-corrected chi connectivity index (χ4v) is 6.49. The molecule has 5 heterocycles. The van der Waals surface area contributed by atoms with Gasteiger partial charge in [-0.25, -0.2) is 4.98 Å². The van der Waals surface area contributed by atoms with E-state index in [9.17, 15) is 9.59 Å². The first kappa shape index (κ1) is 27.4. The van der Waals surface area contributed by atoms with Gasteiger partial charge in [0.2, 0.25) is 0 Å². The molecule has 40 heavy (non-hydrogen) atoms. The van der Waals surface area contributed by atoms with Crippen LogP contribution in [0.5, 0.6) is 11.5 Å². The van der Waals surface area contributed by atoms with Gasteiger partial charge >= 0.3 is 0 Å². The summed E-state index contributed by atoms with van der Waals surface area (Å²) in [5.41, 5.74) is 4.26. The normalized spacial score (nSPS) is 10.8. The molecule has 9 heteroatoms. The van der Waals surface area contributed by atoms with Crippen molar-refractivity contribution < 1.29 is 19.1 Å². The number of hydrogen-bond acceptors (Lipinski definition) is 9. The van der Waals surface area contributed by atoms with Crippen LogP contribution >= 0.6 is 22.7 Å². The first-order chi connectivity index (χ1) is 19.7. The third-order valence-corrected chi connectivity index (χ3v) is 8.54. The van der Waals surface area contributed by atoms with Gasteiger partial charge in [-0.15, -0.1) is 22.7 Å². The molecule has 0 atom stereocenters. The number of aryl methyl sites for hydroxylation is 1. The number of pyridine rings is 3. The second-order valence-electron chi connectivity index (χ2n) is 9.05. The van der Waals surface area contributed by atoms with Crippen LogP contribution in [-0.4, -0.2) is 27.9 Å². The third kappa shape index (κ3) is 6.50. The Morgan fingerprint density at radius 2 is 1.52 bits per heavy atom. The van der Waals surface area contributed by atoms with Gasteiger partial charge < -0.3 is 9.47 Å². The van der Waals surface area contributed by atoms with Crippen molar-refractivity contribution in [2.45, 2.75) is 39.0 Å². The maximum Gasteiger partial charge on any atom is 0.298 e. The molecule has 5 rings (SSSR count). The molecular weight excluding hydrogens is 542 g/mol. The summed E-state index contributed by atoms with van der Waals surface area (Å²) in [6, 6.07) is 17.0. The lowest BCUT2D eigenvalue weighted by atomic mass is 10.0. The van der Waals surface area contributed by atoms with Gasteiger partial charge in [0.05, 0.1) is 27.7 Å². The van der Waals surface area contributed by atoms with Crippen molar-refractivity contribution in [2.24, 2.45) is 0 Å². The molecule has 0 aliphatic carbocycles. The highest BCUT2D eigenvalue weighted by atomic mass is 32.1. The molecule has 0 saturated carbocycles. The van der Waals surface area contributed by atoms with Crippen LogP contribution in [0.15, 0.2) is 72.4 Å². The van der Waals surface area contributed by atoms with E-state index in [1.807, 2.05) is 23.5 Å². The Morgan fingerprint density at radius 1 is 0.800 bits per heavy atom. The summed E-state index contributed by atoms with van der Waals surface area (Å²) in [6.45, 7) is 2.95. The van der Waals surface area contributed by atoms with Crippen LogP contribution in [0, 0.1) is 0 Å². The Hall–Kier alpha value is -4.21. The largest absolute Gasteiger partial charge is 0.429 e. The van der Waals surface area contributed by atoms with E-state index >= 15 is 0 Å². The molecule has 0 spiro atoms. The van der Waals surface area contributed by atoms with Gasteiger partial charge in [0.15, 0.2) is 0 Å². The van der Waals surface area contributed by atoms with E-state index in [0.29, 0.717) is 47.2 Å². The monoisotopic (exact) mass is 569 g/mol. The molecule has 0 fully saturated rings. The number of hydrogen-bond donors (Lipinski definition) is 0. The summed E-state index contributed by atoms with van der Waals surface area (Å²) in [6.07, 6.45) is 9.26. The van der Waals surface area contributed by atoms with Crippen molar-refractivity contribution in [2.75, 3.05) is 0 Å². The van der Waals surface area contributed by atoms with Crippen LogP contribution < -0.4 is 9.47 Å². The molecule has 5 aromatic heterocycles. The molecule has 7 nitrogen and oxygen atoms in total. The average Bonchev–Trinajstić information content (AvgIpc) is 3.66. The molecule has 0 aliphatic heterocycles. The van der Waals surface area contributed by atoms with E-state index < -0.39 is 0 Å². The zero-order valence-corrected chi connectivity index (χ0v) is 23.5. The molecule has 0 aliphatic rings. The minimum absolute atomic E-state index is 0.301. The minimum atomic E-state index is 0.301. The first-order valence-corrected chi connectivity index (χ1v) is 14.7. The van der Waals surface area contributed by atoms with Crippen LogP contribution in [-0.2, 0) is 16.0 Å². The molecule has 5 aromatic rings. The van der Waals surface area contributed by atoms with Gasteiger partial charge in [0.1, 0.15) is 11.5 Å². The highest BCUT2D eigenvalue weighted by molar-refractivity contribution is 7.21. The fraction of sp³-hybridized carbons (Fsp3) is 0.194. The van der Waals surface area contributed by atoms with Gasteiger partial charge in [-0.05, 0) is 54.1 Å². The summed E-state index contributed by atoms with van der Waals surface area (Å²) in [4.78, 5) is 39.6. The van der Waals surface area contributed by atoms with Crippen LogP contribution in [0.3, 0.4) is 0 Å². The van der Waals surface area contributed by atoms with E-state index in [1.54, 1.807) is 41.8 Å². The van der Waals surface area contributed by atoms with Crippen LogP contribution in [0.4, 0.5) is 0 Å². The van der Waals surface area contributed by atoms with Crippen molar-refractivity contribution in [3.63, 3.8) is 0 Å². The SMILES string of the molecule is CCCCCCc1cc(-c2ccnc(-c3cc(OC=O)cc(-c4cc(OC=O)ccn4)n3)c2)c(-c2cccs2)s1. The number of thiophene rings is 2. The molecule has 0 bridgehead atoms.